The van der Waals surface area contributed by atoms with Crippen molar-refractivity contribution in [2.24, 2.45) is 11.3 Å². The van der Waals surface area contributed by atoms with Gasteiger partial charge in [-0.1, -0.05) is 13.8 Å². The van der Waals surface area contributed by atoms with Crippen molar-refractivity contribution in [1.82, 2.24) is 0 Å². The van der Waals surface area contributed by atoms with Gasteiger partial charge in [-0.25, -0.2) is 4.79 Å². The van der Waals surface area contributed by atoms with Crippen LogP contribution in [0.1, 0.15) is 33.6 Å². The van der Waals surface area contributed by atoms with Gasteiger partial charge in [0, 0.05) is 24.1 Å². The molecule has 1 aliphatic carbocycles. The summed E-state index contributed by atoms with van der Waals surface area (Å²) in [4.78, 5) is 27.2. The summed E-state index contributed by atoms with van der Waals surface area (Å²) in [6.45, 7) is 6.47. The maximum absolute atomic E-state index is 12.6. The van der Waals surface area contributed by atoms with E-state index in [9.17, 15) is 9.59 Å². The minimum Gasteiger partial charge on any atom is -0.497 e. The highest BCUT2D eigenvalue weighted by Gasteiger charge is 2.57. The first kappa shape index (κ1) is 16.8. The van der Waals surface area contributed by atoms with E-state index in [1.807, 2.05) is 24.3 Å². The van der Waals surface area contributed by atoms with Crippen molar-refractivity contribution in [3.8, 4) is 5.75 Å². The van der Waals surface area contributed by atoms with Crippen molar-refractivity contribution in [3.63, 3.8) is 0 Å². The number of benzene rings is 1. The molecule has 3 fully saturated rings. The Balaban J connectivity index is 2.03. The van der Waals surface area contributed by atoms with Crippen LogP contribution in [0.4, 0.5) is 5.69 Å². The van der Waals surface area contributed by atoms with Crippen LogP contribution in [0.2, 0.25) is 0 Å². The van der Waals surface area contributed by atoms with Crippen LogP contribution in [0.3, 0.4) is 0 Å². The zero-order valence-electron chi connectivity index (χ0n) is 14.7. The molecule has 5 nitrogen and oxygen atoms in total. The molecule has 24 heavy (non-hydrogen) atoms. The predicted octanol–water partition coefficient (Wildman–Crippen LogP) is 2.82. The van der Waals surface area contributed by atoms with Crippen LogP contribution in [0, 0.1) is 11.3 Å². The summed E-state index contributed by atoms with van der Waals surface area (Å²) < 4.78 is 10.5. The van der Waals surface area contributed by atoms with Gasteiger partial charge in [-0.15, -0.1) is 0 Å². The van der Waals surface area contributed by atoms with Crippen molar-refractivity contribution in [2.45, 2.75) is 45.7 Å². The van der Waals surface area contributed by atoms with E-state index < -0.39 is 6.04 Å². The van der Waals surface area contributed by atoms with Gasteiger partial charge in [0.25, 0.3) is 0 Å². The molecule has 2 heterocycles. The van der Waals surface area contributed by atoms with Gasteiger partial charge in [0.2, 0.25) is 0 Å². The van der Waals surface area contributed by atoms with Crippen LogP contribution >= 0.6 is 0 Å². The van der Waals surface area contributed by atoms with Gasteiger partial charge in [0.05, 0.1) is 13.7 Å². The molecule has 2 saturated heterocycles. The molecule has 3 aliphatic rings. The van der Waals surface area contributed by atoms with E-state index in [0.717, 1.165) is 17.9 Å². The summed E-state index contributed by atoms with van der Waals surface area (Å²) in [5.74, 6) is 0.351. The van der Waals surface area contributed by atoms with Crippen LogP contribution in [0.5, 0.6) is 5.75 Å². The number of fused-ring (bicyclic) bond motifs is 3. The number of Topliss-reactive ketones (excluding diaryl/α,β-unsaturated/α-hetero) is 1. The Morgan fingerprint density at radius 3 is 2.54 bits per heavy atom. The lowest BCUT2D eigenvalue weighted by molar-refractivity contribution is -0.154. The third-order valence-corrected chi connectivity index (χ3v) is 5.37. The highest BCUT2D eigenvalue weighted by atomic mass is 16.5. The largest absolute Gasteiger partial charge is 0.497 e. The molecule has 130 valence electrons. The van der Waals surface area contributed by atoms with Gasteiger partial charge in [0.1, 0.15) is 17.6 Å². The number of carbonyl (C=O) groups is 2. The van der Waals surface area contributed by atoms with Crippen LogP contribution in [0.25, 0.3) is 0 Å². The SMILES string of the molecule is CCOC(=O)C1C2CC(C)(C)C(CC2=O)N1c1ccc(OC)cc1. The minimum absolute atomic E-state index is 0.00204. The van der Waals surface area contributed by atoms with Crippen molar-refractivity contribution < 1.29 is 19.1 Å². The maximum atomic E-state index is 12.6. The lowest BCUT2D eigenvalue weighted by atomic mass is 9.61. The van der Waals surface area contributed by atoms with E-state index in [2.05, 4.69) is 18.7 Å². The second-order valence-electron chi connectivity index (χ2n) is 7.29. The van der Waals surface area contributed by atoms with Crippen molar-refractivity contribution in [3.05, 3.63) is 24.3 Å². The van der Waals surface area contributed by atoms with Gasteiger partial charge in [-0.2, -0.15) is 0 Å². The van der Waals surface area contributed by atoms with Gasteiger partial charge in [-0.3, -0.25) is 4.79 Å². The molecule has 1 aromatic carbocycles. The Kier molecular flexibility index (Phi) is 4.28. The minimum atomic E-state index is -0.530. The van der Waals surface area contributed by atoms with Gasteiger partial charge >= 0.3 is 5.97 Å². The van der Waals surface area contributed by atoms with Crippen molar-refractivity contribution in [2.75, 3.05) is 18.6 Å². The quantitative estimate of drug-likeness (QED) is 0.794. The second-order valence-corrected chi connectivity index (χ2v) is 7.29. The highest BCUT2D eigenvalue weighted by Crippen LogP contribution is 2.50. The predicted molar refractivity (Wildman–Crippen MR) is 91.2 cm³/mol. The number of ketones is 1. The average Bonchev–Trinajstić information content (AvgIpc) is 2.55. The summed E-state index contributed by atoms with van der Waals surface area (Å²) in [7, 11) is 1.63. The number of nitrogens with zero attached hydrogens (tertiary/aromatic N) is 1. The molecular formula is C19H25NO4. The Morgan fingerprint density at radius 2 is 1.96 bits per heavy atom. The molecule has 0 N–H and O–H groups in total. The molecule has 4 rings (SSSR count). The van der Waals surface area contributed by atoms with E-state index in [0.29, 0.717) is 13.0 Å². The van der Waals surface area contributed by atoms with Crippen molar-refractivity contribution >= 4 is 17.4 Å². The maximum Gasteiger partial charge on any atom is 0.329 e. The number of ether oxygens (including phenoxy) is 2. The monoisotopic (exact) mass is 331 g/mol. The number of piperidine rings is 2. The zero-order chi connectivity index (χ0) is 17.5. The fourth-order valence-electron chi connectivity index (χ4n) is 4.19. The molecule has 0 aromatic heterocycles. The number of hydrogen-bond donors (Lipinski definition) is 0. The van der Waals surface area contributed by atoms with Crippen molar-refractivity contribution in [1.29, 1.82) is 0 Å². The Labute approximate surface area is 142 Å². The first-order valence-electron chi connectivity index (χ1n) is 8.50. The Hall–Kier alpha value is -2.04. The van der Waals surface area contributed by atoms with Crippen LogP contribution in [0.15, 0.2) is 24.3 Å². The molecule has 2 bridgehead atoms. The fourth-order valence-corrected chi connectivity index (χ4v) is 4.19. The Morgan fingerprint density at radius 1 is 1.29 bits per heavy atom. The molecule has 0 spiro atoms. The van der Waals surface area contributed by atoms with Crippen LogP contribution in [-0.4, -0.2) is 37.6 Å². The fraction of sp³-hybridized carbons (Fsp3) is 0.579. The number of carbonyl (C=O) groups excluding carboxylic acids is 2. The first-order chi connectivity index (χ1) is 11.4. The van der Waals surface area contributed by atoms with E-state index in [4.69, 9.17) is 9.47 Å². The highest BCUT2D eigenvalue weighted by molar-refractivity contribution is 5.95. The summed E-state index contributed by atoms with van der Waals surface area (Å²) in [5, 5.41) is 0. The first-order valence-corrected chi connectivity index (χ1v) is 8.50. The van der Waals surface area contributed by atoms with Gasteiger partial charge < -0.3 is 14.4 Å². The van der Waals surface area contributed by atoms with E-state index >= 15 is 0 Å². The number of rotatable bonds is 4. The molecule has 3 unspecified atom stereocenters. The second kappa shape index (κ2) is 6.11. The molecule has 1 saturated carbocycles. The lowest BCUT2D eigenvalue weighted by Crippen LogP contribution is -2.68. The molecule has 3 atom stereocenters. The summed E-state index contributed by atoms with van der Waals surface area (Å²) >= 11 is 0. The smallest absolute Gasteiger partial charge is 0.329 e. The molecule has 0 amide bonds. The topological polar surface area (TPSA) is 55.8 Å². The normalized spacial score (nSPS) is 27.9. The third-order valence-electron chi connectivity index (χ3n) is 5.37. The van der Waals surface area contributed by atoms with E-state index in [1.165, 1.54) is 0 Å². The third kappa shape index (κ3) is 2.66. The average molecular weight is 331 g/mol. The summed E-state index contributed by atoms with van der Waals surface area (Å²) in [6.07, 6.45) is 1.21. The number of esters is 1. The van der Waals surface area contributed by atoms with Crippen LogP contribution < -0.4 is 9.64 Å². The summed E-state index contributed by atoms with van der Waals surface area (Å²) in [6, 6.07) is 7.14. The standard InChI is InChI=1S/C19H25NO4/c1-5-24-18(22)17-14-11-19(2,3)16(10-15(14)21)20(17)12-6-8-13(23-4)9-7-12/h6-9,14,16-17H,5,10-11H2,1-4H3. The number of anilines is 1. The van der Waals surface area contributed by atoms with Crippen LogP contribution in [-0.2, 0) is 14.3 Å². The lowest BCUT2D eigenvalue weighted by Gasteiger charge is -2.57. The Bertz CT molecular complexity index is 637. The molecule has 2 aliphatic heterocycles. The van der Waals surface area contributed by atoms with E-state index in [1.54, 1.807) is 14.0 Å². The van der Waals surface area contributed by atoms with E-state index in [-0.39, 0.29) is 29.1 Å². The molecule has 0 radical (unpaired) electrons. The number of methoxy groups -OCH3 is 1. The van der Waals surface area contributed by atoms with Gasteiger partial charge in [-0.05, 0) is 43.0 Å². The molecular weight excluding hydrogens is 306 g/mol. The van der Waals surface area contributed by atoms with Gasteiger partial charge in [0.15, 0.2) is 0 Å². The molecule has 1 aromatic rings. The molecule has 5 heteroatoms. The zero-order valence-corrected chi connectivity index (χ0v) is 14.7. The summed E-state index contributed by atoms with van der Waals surface area (Å²) in [5.41, 5.74) is 0.908. The number of hydrogen-bond acceptors (Lipinski definition) is 5.